The molecule has 0 saturated heterocycles. The number of nitrogens with one attached hydrogen (secondary N) is 4. The van der Waals surface area contributed by atoms with E-state index < -0.39 is 64.5 Å². The van der Waals surface area contributed by atoms with E-state index in [1.807, 2.05) is 140 Å². The van der Waals surface area contributed by atoms with Crippen LogP contribution in [0.5, 0.6) is 0 Å². The first-order valence-corrected chi connectivity index (χ1v) is 22.1. The number of carbonyl (C=O) groups is 5. The third kappa shape index (κ3) is 10.5. The summed E-state index contributed by atoms with van der Waals surface area (Å²) in [6.45, 7) is 8.47. The minimum Gasteiger partial charge on any atom is -0.480 e. The summed E-state index contributed by atoms with van der Waals surface area (Å²) in [4.78, 5) is 67.9. The first-order chi connectivity index (χ1) is 30.3. The van der Waals surface area contributed by atoms with Gasteiger partial charge in [0, 0.05) is 11.7 Å². The van der Waals surface area contributed by atoms with E-state index in [0.29, 0.717) is 0 Å². The summed E-state index contributed by atoms with van der Waals surface area (Å²) in [6.07, 6.45) is 0.583. The van der Waals surface area contributed by atoms with Gasteiger partial charge >= 0.3 is 12.1 Å². The van der Waals surface area contributed by atoms with Crippen LogP contribution in [0.4, 0.5) is 4.79 Å². The van der Waals surface area contributed by atoms with Gasteiger partial charge in [-0.15, -0.1) is 11.8 Å². The molecule has 63 heavy (non-hydrogen) atoms. The van der Waals surface area contributed by atoms with Gasteiger partial charge in [0.05, 0.1) is 4.75 Å². The topological polar surface area (TPSA) is 163 Å². The van der Waals surface area contributed by atoms with E-state index >= 15 is 0 Å². The number of amides is 4. The monoisotopic (exact) mass is 866 g/mol. The van der Waals surface area contributed by atoms with E-state index in [-0.39, 0.29) is 24.0 Å². The van der Waals surface area contributed by atoms with Crippen molar-refractivity contribution in [3.8, 4) is 11.1 Å². The van der Waals surface area contributed by atoms with Crippen molar-refractivity contribution >= 4 is 41.5 Å². The average Bonchev–Trinajstić information content (AvgIpc) is 3.62. The van der Waals surface area contributed by atoms with Crippen LogP contribution in [0.2, 0.25) is 0 Å². The maximum absolute atomic E-state index is 14.5. The van der Waals surface area contributed by atoms with Crippen molar-refractivity contribution in [3.05, 3.63) is 179 Å². The zero-order valence-electron chi connectivity index (χ0n) is 36.0. The number of hydrogen-bond acceptors (Lipinski definition) is 7. The predicted molar refractivity (Wildman–Crippen MR) is 247 cm³/mol. The summed E-state index contributed by atoms with van der Waals surface area (Å²) in [6, 6.07) is 42.0. The fraction of sp³-hybridized carbons (Fsp3) is 0.275. The number of allylic oxidation sites excluding steroid dienone is 1. The van der Waals surface area contributed by atoms with Gasteiger partial charge in [0.15, 0.2) is 0 Å². The van der Waals surface area contributed by atoms with Crippen molar-refractivity contribution < 1.29 is 33.8 Å². The molecular weight excluding hydrogens is 813 g/mol. The second-order valence-corrected chi connectivity index (χ2v) is 17.3. The largest absolute Gasteiger partial charge is 0.480 e. The highest BCUT2D eigenvalue weighted by molar-refractivity contribution is 8.00. The zero-order chi connectivity index (χ0) is 45.1. The van der Waals surface area contributed by atoms with Crippen molar-refractivity contribution in [1.29, 1.82) is 0 Å². The van der Waals surface area contributed by atoms with E-state index in [1.165, 1.54) is 17.8 Å². The summed E-state index contributed by atoms with van der Waals surface area (Å²) in [5.41, 5.74) is 6.86. The number of benzene rings is 5. The van der Waals surface area contributed by atoms with Crippen molar-refractivity contribution in [2.24, 2.45) is 11.8 Å². The van der Waals surface area contributed by atoms with E-state index in [4.69, 9.17) is 4.74 Å². The maximum Gasteiger partial charge on any atom is 0.407 e. The molecule has 1 aliphatic carbocycles. The lowest BCUT2D eigenvalue weighted by atomic mass is 9.84. The molecule has 6 rings (SSSR count). The van der Waals surface area contributed by atoms with Crippen LogP contribution in [0.3, 0.4) is 0 Å². The molecule has 0 spiro atoms. The first-order valence-electron chi connectivity index (χ1n) is 21.1. The molecular formula is C51H54N4O7S. The smallest absolute Gasteiger partial charge is 0.407 e. The van der Waals surface area contributed by atoms with Crippen LogP contribution in [0, 0.1) is 11.8 Å². The number of aliphatic carboxylic acids is 1. The van der Waals surface area contributed by atoms with Gasteiger partial charge in [-0.2, -0.15) is 0 Å². The third-order valence-corrected chi connectivity index (χ3v) is 12.9. The Bertz CT molecular complexity index is 2280. The number of hydrogen-bond donors (Lipinski definition) is 5. The molecule has 3 atom stereocenters. The van der Waals surface area contributed by atoms with Crippen LogP contribution in [-0.2, 0) is 28.7 Å². The molecule has 5 N–H and O–H groups in total. The lowest BCUT2D eigenvalue weighted by Gasteiger charge is -2.36. The third-order valence-electron chi connectivity index (χ3n) is 11.2. The molecule has 0 fully saturated rings. The Hall–Kier alpha value is -6.66. The molecule has 5 aromatic rings. The minimum atomic E-state index is -1.27. The van der Waals surface area contributed by atoms with Gasteiger partial charge in [-0.25, -0.2) is 9.59 Å². The SMILES string of the molecule is C/C=C(\NC(=O)[C@@H](CSC(c1ccccc1)(c1ccccc1)c1ccccc1)NC(=O)[C@H](NC(=O)OCC1c2ccccc2-c2ccccc21)C(C)C)C(=O)N[C@H](C(=O)O)C(C)C. The molecule has 0 heterocycles. The summed E-state index contributed by atoms with van der Waals surface area (Å²) >= 11 is 1.43. The molecule has 0 aromatic heterocycles. The van der Waals surface area contributed by atoms with Crippen LogP contribution in [0.1, 0.15) is 68.4 Å². The van der Waals surface area contributed by atoms with Crippen LogP contribution in [0.15, 0.2) is 151 Å². The molecule has 0 aliphatic heterocycles. The summed E-state index contributed by atoms with van der Waals surface area (Å²) < 4.78 is 4.94. The number of carboxylic acid groups (broad SMARTS) is 1. The Kier molecular flexibility index (Phi) is 15.2. The number of ether oxygens (including phenoxy) is 1. The fourth-order valence-corrected chi connectivity index (χ4v) is 9.50. The molecule has 326 valence electrons. The number of alkyl carbamates (subject to hydrolysis) is 1. The minimum absolute atomic E-state index is 0.00558. The number of carbonyl (C=O) groups excluding carboxylic acids is 4. The first kappa shape index (κ1) is 45.9. The van der Waals surface area contributed by atoms with Crippen LogP contribution >= 0.6 is 11.8 Å². The lowest BCUT2D eigenvalue weighted by molar-refractivity contribution is -0.142. The van der Waals surface area contributed by atoms with Crippen molar-refractivity contribution in [2.75, 3.05) is 12.4 Å². The molecule has 0 saturated carbocycles. The van der Waals surface area contributed by atoms with Gasteiger partial charge < -0.3 is 31.1 Å². The van der Waals surface area contributed by atoms with E-state index in [0.717, 1.165) is 38.9 Å². The number of fused-ring (bicyclic) bond motifs is 3. The molecule has 1 aliphatic rings. The van der Waals surface area contributed by atoms with Gasteiger partial charge in [0.25, 0.3) is 5.91 Å². The molecule has 0 unspecified atom stereocenters. The Morgan fingerprint density at radius 3 is 1.54 bits per heavy atom. The van der Waals surface area contributed by atoms with Gasteiger partial charge in [-0.1, -0.05) is 173 Å². The van der Waals surface area contributed by atoms with Crippen LogP contribution in [-0.4, -0.2) is 65.4 Å². The lowest BCUT2D eigenvalue weighted by Crippen LogP contribution is -2.57. The summed E-state index contributed by atoms with van der Waals surface area (Å²) in [7, 11) is 0. The van der Waals surface area contributed by atoms with Crippen LogP contribution < -0.4 is 21.3 Å². The highest BCUT2D eigenvalue weighted by atomic mass is 32.2. The van der Waals surface area contributed by atoms with Gasteiger partial charge in [-0.05, 0) is 57.7 Å². The number of thioether (sulfide) groups is 1. The molecule has 0 radical (unpaired) electrons. The van der Waals surface area contributed by atoms with Gasteiger partial charge in [0.1, 0.15) is 30.4 Å². The number of carboxylic acids is 1. The van der Waals surface area contributed by atoms with E-state index in [2.05, 4.69) is 21.3 Å². The molecule has 11 nitrogen and oxygen atoms in total. The van der Waals surface area contributed by atoms with E-state index in [1.54, 1.807) is 34.6 Å². The Morgan fingerprint density at radius 2 is 1.10 bits per heavy atom. The van der Waals surface area contributed by atoms with Crippen LogP contribution in [0.25, 0.3) is 11.1 Å². The molecule has 12 heteroatoms. The summed E-state index contributed by atoms with van der Waals surface area (Å²) in [5.74, 6) is -4.44. The highest BCUT2D eigenvalue weighted by Crippen LogP contribution is 2.49. The standard InChI is InChI=1S/C51H54N4O7S/c1-6-42(46(56)54-45(33(4)5)49(59)60)52-47(57)43(31-63-51(34-20-10-7-11-21-34,35-22-12-8-13-23-35)36-24-14-9-15-25-36)53-48(58)44(32(2)3)55-50(61)62-30-41-39-28-18-16-26-37(39)38-27-17-19-29-40(38)41/h6-29,32-33,41,43-45H,30-31H2,1-5H3,(H,52,57)(H,53,58)(H,54,56)(H,55,61)(H,59,60)/b42-6-/t43-,44-,45+/m1/s1. The normalized spacial score (nSPS) is 13.9. The van der Waals surface area contributed by atoms with Gasteiger partial charge in [0.2, 0.25) is 11.8 Å². The van der Waals surface area contributed by atoms with Gasteiger partial charge in [-0.3, -0.25) is 14.4 Å². The summed E-state index contributed by atoms with van der Waals surface area (Å²) in [5, 5.41) is 20.6. The van der Waals surface area contributed by atoms with Crippen molar-refractivity contribution in [1.82, 2.24) is 21.3 Å². The Balaban J connectivity index is 1.28. The molecule has 0 bridgehead atoms. The second kappa shape index (κ2) is 20.9. The quantitative estimate of drug-likeness (QED) is 0.0437. The van der Waals surface area contributed by atoms with Crippen molar-refractivity contribution in [3.63, 3.8) is 0 Å². The van der Waals surface area contributed by atoms with E-state index in [9.17, 15) is 29.1 Å². The fourth-order valence-electron chi connectivity index (χ4n) is 7.94. The van der Waals surface area contributed by atoms with Crippen molar-refractivity contribution in [2.45, 2.75) is 63.4 Å². The molecule has 4 amide bonds. The Labute approximate surface area is 373 Å². The number of rotatable bonds is 18. The maximum atomic E-state index is 14.5. The highest BCUT2D eigenvalue weighted by Gasteiger charge is 2.40. The zero-order valence-corrected chi connectivity index (χ0v) is 36.9. The second-order valence-electron chi connectivity index (χ2n) is 16.1. The predicted octanol–water partition coefficient (Wildman–Crippen LogP) is 8.01. The Morgan fingerprint density at radius 1 is 0.635 bits per heavy atom. The average molecular weight is 867 g/mol. The molecule has 5 aromatic carbocycles.